The summed E-state index contributed by atoms with van der Waals surface area (Å²) in [6.45, 7) is 6.61. The van der Waals surface area contributed by atoms with Gasteiger partial charge in [-0.3, -0.25) is 14.5 Å². The van der Waals surface area contributed by atoms with E-state index in [1.807, 2.05) is 6.92 Å². The van der Waals surface area contributed by atoms with E-state index in [9.17, 15) is 14.0 Å². The van der Waals surface area contributed by atoms with Gasteiger partial charge < -0.3 is 10.6 Å². The number of nitrogens with zero attached hydrogens (tertiary/aromatic N) is 1. The molecule has 0 bridgehead atoms. The van der Waals surface area contributed by atoms with Crippen LogP contribution in [0.5, 0.6) is 0 Å². The van der Waals surface area contributed by atoms with Gasteiger partial charge in [0.05, 0.1) is 12.0 Å². The normalized spacial score (nSPS) is 18.5. The predicted octanol–water partition coefficient (Wildman–Crippen LogP) is 3.24. The van der Waals surface area contributed by atoms with E-state index in [4.69, 9.17) is 0 Å². The molecule has 5 nitrogen and oxygen atoms in total. The summed E-state index contributed by atoms with van der Waals surface area (Å²) in [5, 5.41) is 5.96. The molecule has 1 aliphatic heterocycles. The molecule has 0 spiro atoms. The van der Waals surface area contributed by atoms with Gasteiger partial charge in [0.25, 0.3) is 0 Å². The Kier molecular flexibility index (Phi) is 9.41. The monoisotopic (exact) mass is 391 g/mol. The van der Waals surface area contributed by atoms with Crippen molar-refractivity contribution in [3.63, 3.8) is 0 Å². The standard InChI is InChI=1S/C22H34FN3O2/c1-3-4-5-6-13-24-22(28)19-8-7-14-26(16-19)17(2)21(27)25-15-18-9-11-20(23)12-10-18/h9-12,17,19H,3-8,13-16H2,1-2H3,(H,24,28)(H,25,27). The van der Waals surface area contributed by atoms with E-state index in [0.717, 1.165) is 44.3 Å². The fraction of sp³-hybridized carbons (Fsp3) is 0.636. The number of carbonyl (C=O) groups is 2. The van der Waals surface area contributed by atoms with E-state index >= 15 is 0 Å². The number of piperidine rings is 1. The van der Waals surface area contributed by atoms with Crippen LogP contribution >= 0.6 is 0 Å². The number of hydrogen-bond donors (Lipinski definition) is 2. The van der Waals surface area contributed by atoms with E-state index in [1.165, 1.54) is 25.0 Å². The summed E-state index contributed by atoms with van der Waals surface area (Å²) >= 11 is 0. The minimum atomic E-state index is -0.291. The Hall–Kier alpha value is -1.95. The molecule has 2 unspecified atom stereocenters. The fourth-order valence-corrected chi connectivity index (χ4v) is 3.58. The van der Waals surface area contributed by atoms with Gasteiger partial charge in [0.2, 0.25) is 11.8 Å². The number of rotatable bonds is 10. The number of carbonyl (C=O) groups excluding carboxylic acids is 2. The Bertz CT molecular complexity index is 621. The third-order valence-corrected chi connectivity index (χ3v) is 5.46. The van der Waals surface area contributed by atoms with E-state index in [1.54, 1.807) is 12.1 Å². The molecule has 0 aromatic heterocycles. The summed E-state index contributed by atoms with van der Waals surface area (Å²) in [7, 11) is 0. The highest BCUT2D eigenvalue weighted by atomic mass is 19.1. The third kappa shape index (κ3) is 7.23. The lowest BCUT2D eigenvalue weighted by atomic mass is 9.95. The second-order valence-electron chi connectivity index (χ2n) is 7.71. The zero-order chi connectivity index (χ0) is 20.4. The van der Waals surface area contributed by atoms with Crippen molar-refractivity contribution in [2.45, 2.75) is 65.0 Å². The van der Waals surface area contributed by atoms with Crippen molar-refractivity contribution in [2.75, 3.05) is 19.6 Å². The maximum absolute atomic E-state index is 13.0. The molecule has 0 radical (unpaired) electrons. The van der Waals surface area contributed by atoms with Crippen LogP contribution in [0.1, 0.15) is 57.9 Å². The van der Waals surface area contributed by atoms with Gasteiger partial charge >= 0.3 is 0 Å². The summed E-state index contributed by atoms with van der Waals surface area (Å²) in [4.78, 5) is 27.0. The molecule has 1 aromatic rings. The van der Waals surface area contributed by atoms with Crippen molar-refractivity contribution in [3.05, 3.63) is 35.6 Å². The van der Waals surface area contributed by atoms with Crippen LogP contribution in [0, 0.1) is 11.7 Å². The van der Waals surface area contributed by atoms with E-state index < -0.39 is 0 Å². The Morgan fingerprint density at radius 1 is 1.18 bits per heavy atom. The van der Waals surface area contributed by atoms with Gasteiger partial charge in [0.1, 0.15) is 5.82 Å². The van der Waals surface area contributed by atoms with Crippen LogP contribution in [-0.2, 0) is 16.1 Å². The van der Waals surface area contributed by atoms with Gasteiger partial charge in [-0.25, -0.2) is 4.39 Å². The Morgan fingerprint density at radius 2 is 1.93 bits per heavy atom. The summed E-state index contributed by atoms with van der Waals surface area (Å²) in [6.07, 6.45) is 6.37. The molecule has 28 heavy (non-hydrogen) atoms. The number of benzene rings is 1. The molecule has 0 saturated carbocycles. The van der Waals surface area contributed by atoms with Gasteiger partial charge in [0, 0.05) is 19.6 Å². The quantitative estimate of drug-likeness (QED) is 0.602. The van der Waals surface area contributed by atoms with E-state index in [2.05, 4.69) is 22.5 Å². The van der Waals surface area contributed by atoms with Crippen LogP contribution in [0.3, 0.4) is 0 Å². The van der Waals surface area contributed by atoms with Crippen molar-refractivity contribution < 1.29 is 14.0 Å². The van der Waals surface area contributed by atoms with Crippen LogP contribution in [0.4, 0.5) is 4.39 Å². The summed E-state index contributed by atoms with van der Waals surface area (Å²) in [5.41, 5.74) is 0.862. The molecule has 2 atom stereocenters. The Morgan fingerprint density at radius 3 is 2.64 bits per heavy atom. The maximum atomic E-state index is 13.0. The molecule has 1 fully saturated rings. The zero-order valence-electron chi connectivity index (χ0n) is 17.2. The fourth-order valence-electron chi connectivity index (χ4n) is 3.58. The smallest absolute Gasteiger partial charge is 0.237 e. The predicted molar refractivity (Wildman–Crippen MR) is 109 cm³/mol. The van der Waals surface area contributed by atoms with Gasteiger partial charge in [-0.2, -0.15) is 0 Å². The molecule has 1 heterocycles. The number of amides is 2. The van der Waals surface area contributed by atoms with Crippen LogP contribution in [0.15, 0.2) is 24.3 Å². The van der Waals surface area contributed by atoms with Crippen molar-refractivity contribution >= 4 is 11.8 Å². The van der Waals surface area contributed by atoms with Crippen LogP contribution in [-0.4, -0.2) is 42.4 Å². The molecule has 1 saturated heterocycles. The SMILES string of the molecule is CCCCCCNC(=O)C1CCCN(C(C)C(=O)NCc2ccc(F)cc2)C1. The molecule has 156 valence electrons. The number of nitrogens with one attached hydrogen (secondary N) is 2. The van der Waals surface area contributed by atoms with Gasteiger partial charge in [-0.15, -0.1) is 0 Å². The number of unbranched alkanes of at least 4 members (excludes halogenated alkanes) is 3. The number of halogens is 1. The highest BCUT2D eigenvalue weighted by molar-refractivity contribution is 5.82. The lowest BCUT2D eigenvalue weighted by molar-refractivity contribution is -0.131. The van der Waals surface area contributed by atoms with Crippen LogP contribution in [0.25, 0.3) is 0 Å². The molecule has 1 aliphatic rings. The summed E-state index contributed by atoms with van der Waals surface area (Å²) in [5.74, 6) is -0.288. The lowest BCUT2D eigenvalue weighted by Crippen LogP contribution is -2.51. The highest BCUT2D eigenvalue weighted by Crippen LogP contribution is 2.19. The van der Waals surface area contributed by atoms with Gasteiger partial charge in [-0.1, -0.05) is 38.3 Å². The summed E-state index contributed by atoms with van der Waals surface area (Å²) < 4.78 is 13.0. The molecular weight excluding hydrogens is 357 g/mol. The second-order valence-corrected chi connectivity index (χ2v) is 7.71. The largest absolute Gasteiger partial charge is 0.356 e. The molecule has 2 N–H and O–H groups in total. The molecule has 6 heteroatoms. The zero-order valence-corrected chi connectivity index (χ0v) is 17.2. The minimum absolute atomic E-state index is 0.0488. The first kappa shape index (κ1) is 22.3. The van der Waals surface area contributed by atoms with Crippen molar-refractivity contribution in [1.82, 2.24) is 15.5 Å². The average Bonchev–Trinajstić information content (AvgIpc) is 2.72. The molecule has 2 rings (SSSR count). The highest BCUT2D eigenvalue weighted by Gasteiger charge is 2.30. The van der Waals surface area contributed by atoms with Gasteiger partial charge in [0.15, 0.2) is 0 Å². The first-order valence-electron chi connectivity index (χ1n) is 10.5. The summed E-state index contributed by atoms with van der Waals surface area (Å²) in [6, 6.07) is 5.83. The van der Waals surface area contributed by atoms with Crippen molar-refractivity contribution in [1.29, 1.82) is 0 Å². The second kappa shape index (κ2) is 11.8. The Balaban J connectivity index is 1.75. The van der Waals surface area contributed by atoms with E-state index in [0.29, 0.717) is 13.1 Å². The first-order valence-corrected chi connectivity index (χ1v) is 10.5. The van der Waals surface area contributed by atoms with E-state index in [-0.39, 0.29) is 29.6 Å². The molecule has 0 aliphatic carbocycles. The van der Waals surface area contributed by atoms with Crippen LogP contribution in [0.2, 0.25) is 0 Å². The van der Waals surface area contributed by atoms with Gasteiger partial charge in [-0.05, 0) is 50.4 Å². The maximum Gasteiger partial charge on any atom is 0.237 e. The number of hydrogen-bond acceptors (Lipinski definition) is 3. The Labute approximate surface area is 168 Å². The minimum Gasteiger partial charge on any atom is -0.356 e. The van der Waals surface area contributed by atoms with Crippen molar-refractivity contribution in [3.8, 4) is 0 Å². The lowest BCUT2D eigenvalue weighted by Gasteiger charge is -2.35. The molecule has 2 amide bonds. The number of likely N-dealkylation sites (tertiary alicyclic amines) is 1. The molecule has 1 aromatic carbocycles. The third-order valence-electron chi connectivity index (χ3n) is 5.46. The van der Waals surface area contributed by atoms with Crippen LogP contribution < -0.4 is 10.6 Å². The molecular formula is C22H34FN3O2. The first-order chi connectivity index (χ1) is 13.5. The van der Waals surface area contributed by atoms with Crippen molar-refractivity contribution in [2.24, 2.45) is 5.92 Å². The average molecular weight is 392 g/mol. The topological polar surface area (TPSA) is 61.4 Å².